The van der Waals surface area contributed by atoms with Crippen molar-refractivity contribution in [1.82, 2.24) is 4.90 Å². The predicted octanol–water partition coefficient (Wildman–Crippen LogP) is 3.37. The van der Waals surface area contributed by atoms with Gasteiger partial charge in [0.15, 0.2) is 0 Å². The number of hydrogen-bond donors (Lipinski definition) is 1. The highest BCUT2D eigenvalue weighted by atomic mass is 15.1. The van der Waals surface area contributed by atoms with Crippen molar-refractivity contribution in [2.45, 2.75) is 52.1 Å². The van der Waals surface area contributed by atoms with Gasteiger partial charge in [0.05, 0.1) is 0 Å². The van der Waals surface area contributed by atoms with E-state index >= 15 is 0 Å². The summed E-state index contributed by atoms with van der Waals surface area (Å²) in [7, 11) is 2.22. The van der Waals surface area contributed by atoms with Gasteiger partial charge in [-0.05, 0) is 43.5 Å². The number of benzene rings is 1. The van der Waals surface area contributed by atoms with Gasteiger partial charge in [0.25, 0.3) is 0 Å². The Hall–Kier alpha value is -0.860. The molecule has 1 unspecified atom stereocenters. The molecule has 0 saturated heterocycles. The summed E-state index contributed by atoms with van der Waals surface area (Å²) >= 11 is 0. The van der Waals surface area contributed by atoms with E-state index in [0.29, 0.717) is 18.5 Å². The zero-order chi connectivity index (χ0) is 13.5. The zero-order valence-electron chi connectivity index (χ0n) is 12.3. The van der Waals surface area contributed by atoms with Gasteiger partial charge in [0.1, 0.15) is 0 Å². The predicted molar refractivity (Wildman–Crippen MR) is 79.7 cm³/mol. The summed E-state index contributed by atoms with van der Waals surface area (Å²) in [5, 5.41) is 0. The van der Waals surface area contributed by atoms with E-state index in [1.165, 1.54) is 24.0 Å². The lowest BCUT2D eigenvalue weighted by Gasteiger charge is -2.26. The second-order valence-corrected chi connectivity index (χ2v) is 5.26. The van der Waals surface area contributed by atoms with Crippen LogP contribution in [0.1, 0.15) is 50.7 Å². The van der Waals surface area contributed by atoms with Crippen LogP contribution in [-0.2, 0) is 6.54 Å². The minimum Gasteiger partial charge on any atom is -0.330 e. The van der Waals surface area contributed by atoms with Crippen molar-refractivity contribution < 1.29 is 0 Å². The molecule has 1 aromatic rings. The lowest BCUT2D eigenvalue weighted by Crippen LogP contribution is -2.29. The van der Waals surface area contributed by atoms with Crippen molar-refractivity contribution in [1.29, 1.82) is 0 Å². The van der Waals surface area contributed by atoms with Gasteiger partial charge in [-0.1, -0.05) is 45.0 Å². The maximum absolute atomic E-state index is 5.69. The lowest BCUT2D eigenvalue weighted by molar-refractivity contribution is 0.222. The summed E-state index contributed by atoms with van der Waals surface area (Å²) < 4.78 is 0. The van der Waals surface area contributed by atoms with E-state index in [2.05, 4.69) is 57.0 Å². The molecule has 2 nitrogen and oxygen atoms in total. The van der Waals surface area contributed by atoms with Crippen LogP contribution >= 0.6 is 0 Å². The fourth-order valence-corrected chi connectivity index (χ4v) is 2.42. The Morgan fingerprint density at radius 1 is 1.11 bits per heavy atom. The van der Waals surface area contributed by atoms with Crippen molar-refractivity contribution in [3.05, 3.63) is 35.4 Å². The Balaban J connectivity index is 2.63. The summed E-state index contributed by atoms with van der Waals surface area (Å²) in [6.07, 6.45) is 2.44. The van der Waals surface area contributed by atoms with Gasteiger partial charge in [0.2, 0.25) is 0 Å². The number of nitrogens with zero attached hydrogens (tertiary/aromatic N) is 1. The summed E-state index contributed by atoms with van der Waals surface area (Å²) in [5.41, 5.74) is 8.42. The fourth-order valence-electron chi connectivity index (χ4n) is 2.42. The SMILES string of the molecule is CCC(CC)N(C)Cc1ccc(C(C)CN)cc1. The van der Waals surface area contributed by atoms with E-state index in [4.69, 9.17) is 5.73 Å². The van der Waals surface area contributed by atoms with Crippen LogP contribution in [0.25, 0.3) is 0 Å². The minimum atomic E-state index is 0.454. The van der Waals surface area contributed by atoms with Gasteiger partial charge in [-0.2, -0.15) is 0 Å². The van der Waals surface area contributed by atoms with Crippen LogP contribution in [0.5, 0.6) is 0 Å². The highest BCUT2D eigenvalue weighted by Crippen LogP contribution is 2.16. The van der Waals surface area contributed by atoms with Crippen molar-refractivity contribution in [3.8, 4) is 0 Å². The molecule has 1 aromatic carbocycles. The van der Waals surface area contributed by atoms with Crippen molar-refractivity contribution in [2.24, 2.45) is 5.73 Å². The maximum atomic E-state index is 5.69. The van der Waals surface area contributed by atoms with E-state index in [-0.39, 0.29) is 0 Å². The Kier molecular flexibility index (Phi) is 6.37. The van der Waals surface area contributed by atoms with E-state index in [1.54, 1.807) is 0 Å². The summed E-state index contributed by atoms with van der Waals surface area (Å²) in [5.74, 6) is 0.454. The second-order valence-electron chi connectivity index (χ2n) is 5.26. The maximum Gasteiger partial charge on any atom is 0.0233 e. The van der Waals surface area contributed by atoms with Crippen LogP contribution in [0.4, 0.5) is 0 Å². The number of nitrogens with two attached hydrogens (primary N) is 1. The molecule has 0 fully saturated rings. The molecular formula is C16H28N2. The zero-order valence-corrected chi connectivity index (χ0v) is 12.3. The topological polar surface area (TPSA) is 29.3 Å². The smallest absolute Gasteiger partial charge is 0.0233 e. The molecule has 0 aliphatic heterocycles. The molecule has 0 aliphatic rings. The largest absolute Gasteiger partial charge is 0.330 e. The Labute approximate surface area is 112 Å². The lowest BCUT2D eigenvalue weighted by atomic mass is 10.00. The Morgan fingerprint density at radius 2 is 1.67 bits per heavy atom. The van der Waals surface area contributed by atoms with Crippen LogP contribution in [0, 0.1) is 0 Å². The van der Waals surface area contributed by atoms with Crippen LogP contribution < -0.4 is 5.73 Å². The minimum absolute atomic E-state index is 0.454. The number of rotatable bonds is 7. The van der Waals surface area contributed by atoms with Crippen LogP contribution in [0.2, 0.25) is 0 Å². The van der Waals surface area contributed by atoms with Gasteiger partial charge in [0, 0.05) is 12.6 Å². The molecule has 0 bridgehead atoms. The molecule has 0 aliphatic carbocycles. The van der Waals surface area contributed by atoms with Gasteiger partial charge in [-0.25, -0.2) is 0 Å². The molecule has 102 valence electrons. The molecule has 2 N–H and O–H groups in total. The third-order valence-corrected chi connectivity index (χ3v) is 3.90. The van der Waals surface area contributed by atoms with Gasteiger partial charge in [-0.3, -0.25) is 4.90 Å². The summed E-state index contributed by atoms with van der Waals surface area (Å²) in [6, 6.07) is 9.59. The quantitative estimate of drug-likeness (QED) is 0.801. The fraction of sp³-hybridized carbons (Fsp3) is 0.625. The molecule has 0 saturated carbocycles. The first-order valence-corrected chi connectivity index (χ1v) is 7.11. The van der Waals surface area contributed by atoms with E-state index in [1.807, 2.05) is 0 Å². The molecular weight excluding hydrogens is 220 g/mol. The first kappa shape index (κ1) is 15.2. The molecule has 1 rings (SSSR count). The van der Waals surface area contributed by atoms with Crippen LogP contribution in [-0.4, -0.2) is 24.5 Å². The Bertz CT molecular complexity index is 327. The Morgan fingerprint density at radius 3 is 2.11 bits per heavy atom. The van der Waals surface area contributed by atoms with E-state index in [9.17, 15) is 0 Å². The molecule has 0 aromatic heterocycles. The van der Waals surface area contributed by atoms with E-state index in [0.717, 1.165) is 6.54 Å². The van der Waals surface area contributed by atoms with Crippen molar-refractivity contribution in [3.63, 3.8) is 0 Å². The summed E-state index contributed by atoms with van der Waals surface area (Å²) in [6.45, 7) is 8.44. The summed E-state index contributed by atoms with van der Waals surface area (Å²) in [4.78, 5) is 2.45. The van der Waals surface area contributed by atoms with Crippen molar-refractivity contribution in [2.75, 3.05) is 13.6 Å². The number of hydrogen-bond acceptors (Lipinski definition) is 2. The van der Waals surface area contributed by atoms with Gasteiger partial charge < -0.3 is 5.73 Å². The second kappa shape index (κ2) is 7.55. The van der Waals surface area contributed by atoms with Gasteiger partial charge >= 0.3 is 0 Å². The third kappa shape index (κ3) is 4.11. The third-order valence-electron chi connectivity index (χ3n) is 3.90. The van der Waals surface area contributed by atoms with Crippen molar-refractivity contribution >= 4 is 0 Å². The molecule has 0 radical (unpaired) electrons. The monoisotopic (exact) mass is 248 g/mol. The highest BCUT2D eigenvalue weighted by Gasteiger charge is 2.10. The normalized spacial score (nSPS) is 13.3. The molecule has 0 spiro atoms. The highest BCUT2D eigenvalue weighted by molar-refractivity contribution is 5.25. The van der Waals surface area contributed by atoms with Gasteiger partial charge in [-0.15, -0.1) is 0 Å². The molecule has 2 heteroatoms. The molecule has 0 heterocycles. The molecule has 0 amide bonds. The van der Waals surface area contributed by atoms with E-state index < -0.39 is 0 Å². The first-order chi connectivity index (χ1) is 8.62. The standard InChI is InChI=1S/C16H28N2/c1-5-16(6-2)18(4)12-14-7-9-15(10-8-14)13(3)11-17/h7-10,13,16H,5-6,11-12,17H2,1-4H3. The van der Waals surface area contributed by atoms with Crippen LogP contribution in [0.3, 0.4) is 0 Å². The van der Waals surface area contributed by atoms with Crippen LogP contribution in [0.15, 0.2) is 24.3 Å². The molecule has 1 atom stereocenters. The average Bonchev–Trinajstić information content (AvgIpc) is 2.40. The first-order valence-electron chi connectivity index (χ1n) is 7.11. The molecule has 18 heavy (non-hydrogen) atoms. The average molecular weight is 248 g/mol.